The molecule has 1 aliphatic rings. The van der Waals surface area contributed by atoms with Crippen LogP contribution in [0.25, 0.3) is 11.0 Å². The maximum atomic E-state index is 13.5. The van der Waals surface area contributed by atoms with Crippen LogP contribution in [0.3, 0.4) is 0 Å². The molecule has 3 heterocycles. The molecular weight excluding hydrogens is 558 g/mol. The summed E-state index contributed by atoms with van der Waals surface area (Å²) < 4.78 is 12.7. The molecular formula is C31H34ClN5O5. The van der Waals surface area contributed by atoms with E-state index in [2.05, 4.69) is 10.3 Å². The molecule has 0 unspecified atom stereocenters. The van der Waals surface area contributed by atoms with Crippen LogP contribution in [0.1, 0.15) is 55.2 Å². The fraction of sp³-hybridized carbons (Fsp3) is 0.355. The SMILES string of the molecule is CC(C)(C)OC(=O)N[C@@H]1CCCN(c2nc3cc(C(=O)OCc4ccccc4)[nH]c(=O)c3n2Cc2ccccc2Cl)C1. The van der Waals surface area contributed by atoms with Crippen molar-refractivity contribution in [2.24, 2.45) is 0 Å². The van der Waals surface area contributed by atoms with Gasteiger partial charge in [0.1, 0.15) is 23.4 Å². The second kappa shape index (κ2) is 12.3. The number of rotatable bonds is 7. The highest BCUT2D eigenvalue weighted by Gasteiger charge is 2.28. The van der Waals surface area contributed by atoms with Crippen molar-refractivity contribution in [3.8, 4) is 0 Å². The second-order valence-electron chi connectivity index (χ2n) is 11.3. The highest BCUT2D eigenvalue weighted by atomic mass is 35.5. The number of alkyl carbamates (subject to hydrolysis) is 1. The topological polar surface area (TPSA) is 119 Å². The molecule has 11 heteroatoms. The van der Waals surface area contributed by atoms with E-state index in [-0.39, 0.29) is 24.9 Å². The number of hydrogen-bond donors (Lipinski definition) is 2. The number of piperidine rings is 1. The van der Waals surface area contributed by atoms with Crippen LogP contribution in [0, 0.1) is 0 Å². The number of anilines is 1. The van der Waals surface area contributed by atoms with Crippen LogP contribution in [-0.2, 0) is 22.6 Å². The molecule has 2 aromatic heterocycles. The van der Waals surface area contributed by atoms with Crippen molar-refractivity contribution in [2.75, 3.05) is 18.0 Å². The molecule has 220 valence electrons. The number of aromatic nitrogens is 3. The Kier molecular flexibility index (Phi) is 8.54. The third-order valence-electron chi connectivity index (χ3n) is 6.86. The van der Waals surface area contributed by atoms with Crippen LogP contribution < -0.4 is 15.8 Å². The van der Waals surface area contributed by atoms with Gasteiger partial charge in [0.15, 0.2) is 0 Å². The molecule has 2 N–H and O–H groups in total. The van der Waals surface area contributed by atoms with E-state index in [1.165, 1.54) is 6.07 Å². The first kappa shape index (κ1) is 29.2. The third-order valence-corrected chi connectivity index (χ3v) is 7.23. The quantitative estimate of drug-likeness (QED) is 0.281. The number of nitrogens with zero attached hydrogens (tertiary/aromatic N) is 3. The number of halogens is 1. The van der Waals surface area contributed by atoms with Crippen molar-refractivity contribution in [1.82, 2.24) is 19.9 Å². The van der Waals surface area contributed by atoms with Gasteiger partial charge < -0.3 is 29.2 Å². The third kappa shape index (κ3) is 6.94. The van der Waals surface area contributed by atoms with Gasteiger partial charge in [-0.05, 0) is 56.9 Å². The summed E-state index contributed by atoms with van der Waals surface area (Å²) in [7, 11) is 0. The van der Waals surface area contributed by atoms with Crippen LogP contribution in [-0.4, -0.2) is 51.3 Å². The number of ether oxygens (including phenoxy) is 2. The normalized spacial score (nSPS) is 15.4. The zero-order valence-corrected chi connectivity index (χ0v) is 24.6. The fourth-order valence-electron chi connectivity index (χ4n) is 5.00. The Hall–Kier alpha value is -4.31. The van der Waals surface area contributed by atoms with Gasteiger partial charge in [-0.2, -0.15) is 0 Å². The molecule has 1 atom stereocenters. The molecule has 1 aliphatic heterocycles. The van der Waals surface area contributed by atoms with Gasteiger partial charge in [-0.3, -0.25) is 4.79 Å². The zero-order valence-electron chi connectivity index (χ0n) is 23.9. The first-order valence-corrected chi connectivity index (χ1v) is 14.3. The molecule has 42 heavy (non-hydrogen) atoms. The Labute approximate surface area is 248 Å². The molecule has 1 fully saturated rings. The molecule has 0 spiro atoms. The first-order chi connectivity index (χ1) is 20.1. The molecule has 1 amide bonds. The van der Waals surface area contributed by atoms with Crippen molar-refractivity contribution in [3.05, 3.63) is 92.9 Å². The van der Waals surface area contributed by atoms with Crippen molar-refractivity contribution >= 4 is 40.6 Å². The molecule has 0 bridgehead atoms. The minimum Gasteiger partial charge on any atom is -0.456 e. The summed E-state index contributed by atoms with van der Waals surface area (Å²) in [5.74, 6) is -0.111. The largest absolute Gasteiger partial charge is 0.456 e. The van der Waals surface area contributed by atoms with E-state index >= 15 is 0 Å². The van der Waals surface area contributed by atoms with Crippen LogP contribution in [0.2, 0.25) is 5.02 Å². The first-order valence-electron chi connectivity index (χ1n) is 13.9. The van der Waals surface area contributed by atoms with Crippen molar-refractivity contribution in [1.29, 1.82) is 0 Å². The number of hydrogen-bond acceptors (Lipinski definition) is 7. The number of benzene rings is 2. The number of nitrogens with one attached hydrogen (secondary N) is 2. The van der Waals surface area contributed by atoms with Gasteiger partial charge in [-0.25, -0.2) is 14.6 Å². The molecule has 0 saturated carbocycles. The minimum atomic E-state index is -0.653. The van der Waals surface area contributed by atoms with Gasteiger partial charge in [0, 0.05) is 24.2 Å². The number of amides is 1. The summed E-state index contributed by atoms with van der Waals surface area (Å²) in [6.07, 6.45) is 1.09. The van der Waals surface area contributed by atoms with E-state index in [4.69, 9.17) is 26.1 Å². The Bertz CT molecular complexity index is 1640. The molecule has 4 aromatic rings. The summed E-state index contributed by atoms with van der Waals surface area (Å²) in [6.45, 7) is 6.95. The van der Waals surface area contributed by atoms with Crippen molar-refractivity contribution in [2.45, 2.75) is 58.4 Å². The van der Waals surface area contributed by atoms with E-state index in [0.717, 1.165) is 24.0 Å². The summed E-state index contributed by atoms with van der Waals surface area (Å²) in [4.78, 5) is 48.4. The van der Waals surface area contributed by atoms with Crippen LogP contribution >= 0.6 is 11.6 Å². The average Bonchev–Trinajstić information content (AvgIpc) is 3.31. The smallest absolute Gasteiger partial charge is 0.407 e. The standard InChI is InChI=1S/C31H34ClN5O5/c1-31(2,3)42-30(40)33-22-13-9-15-36(18-22)29-35-24-16-25(28(39)41-19-20-10-5-4-6-11-20)34-27(38)26(24)37(29)17-21-12-7-8-14-23(21)32/h4-8,10-12,14,16,22H,9,13,15,17-19H2,1-3H3,(H,33,40)(H,34,38)/t22-/m1/s1. The predicted molar refractivity (Wildman–Crippen MR) is 161 cm³/mol. The summed E-state index contributed by atoms with van der Waals surface area (Å²) in [5.41, 5.74) is 1.25. The second-order valence-corrected chi connectivity index (χ2v) is 11.7. The number of H-pyrrole nitrogens is 1. The number of aromatic amines is 1. The van der Waals surface area contributed by atoms with E-state index in [1.807, 2.05) is 78.8 Å². The van der Waals surface area contributed by atoms with Gasteiger partial charge >= 0.3 is 12.1 Å². The van der Waals surface area contributed by atoms with E-state index in [1.54, 1.807) is 6.07 Å². The van der Waals surface area contributed by atoms with Crippen LogP contribution in [0.4, 0.5) is 10.7 Å². The maximum Gasteiger partial charge on any atom is 0.407 e. The van der Waals surface area contributed by atoms with Crippen LogP contribution in [0.15, 0.2) is 65.5 Å². The molecule has 2 aromatic carbocycles. The molecule has 5 rings (SSSR count). The van der Waals surface area contributed by atoms with Crippen LogP contribution in [0.5, 0.6) is 0 Å². The molecule has 1 saturated heterocycles. The molecule has 10 nitrogen and oxygen atoms in total. The predicted octanol–water partition coefficient (Wildman–Crippen LogP) is 5.28. The zero-order chi connectivity index (χ0) is 29.9. The van der Waals surface area contributed by atoms with Crippen molar-refractivity contribution < 1.29 is 19.1 Å². The maximum absolute atomic E-state index is 13.5. The highest BCUT2D eigenvalue weighted by molar-refractivity contribution is 6.31. The van der Waals surface area contributed by atoms with Gasteiger partial charge in [-0.1, -0.05) is 60.1 Å². The number of pyridine rings is 1. The molecule has 0 aliphatic carbocycles. The number of fused-ring (bicyclic) bond motifs is 1. The highest BCUT2D eigenvalue weighted by Crippen LogP contribution is 2.27. The fourth-order valence-corrected chi connectivity index (χ4v) is 5.20. The Morgan fingerprint density at radius 1 is 1.12 bits per heavy atom. The summed E-state index contributed by atoms with van der Waals surface area (Å²) in [5, 5.41) is 3.52. The Balaban J connectivity index is 1.47. The number of carbonyl (C=O) groups is 2. The van der Waals surface area contributed by atoms with Gasteiger partial charge in [0.05, 0.1) is 12.1 Å². The van der Waals surface area contributed by atoms with Gasteiger partial charge in [0.25, 0.3) is 5.56 Å². The van der Waals surface area contributed by atoms with Crippen molar-refractivity contribution in [3.63, 3.8) is 0 Å². The van der Waals surface area contributed by atoms with E-state index < -0.39 is 23.2 Å². The number of imidazole rings is 1. The van der Waals surface area contributed by atoms with E-state index in [9.17, 15) is 14.4 Å². The van der Waals surface area contributed by atoms with Gasteiger partial charge in [0.2, 0.25) is 5.95 Å². The number of carbonyl (C=O) groups excluding carboxylic acids is 2. The monoisotopic (exact) mass is 591 g/mol. The lowest BCUT2D eigenvalue weighted by molar-refractivity contribution is 0.0463. The van der Waals surface area contributed by atoms with E-state index in [0.29, 0.717) is 35.1 Å². The van der Waals surface area contributed by atoms with Gasteiger partial charge in [-0.15, -0.1) is 0 Å². The minimum absolute atomic E-state index is 0.0143. The summed E-state index contributed by atoms with van der Waals surface area (Å²) >= 11 is 6.50. The summed E-state index contributed by atoms with van der Waals surface area (Å²) in [6, 6.07) is 18.1. The Morgan fingerprint density at radius 3 is 2.60 bits per heavy atom. The average molecular weight is 592 g/mol. The lowest BCUT2D eigenvalue weighted by atomic mass is 10.1. The lowest BCUT2D eigenvalue weighted by Gasteiger charge is -2.34. The Morgan fingerprint density at radius 2 is 1.86 bits per heavy atom. The lowest BCUT2D eigenvalue weighted by Crippen LogP contribution is -2.49. The number of esters is 1. The molecule has 0 radical (unpaired) electrons.